The maximum Gasteiger partial charge on any atom is 0.423 e. The van der Waals surface area contributed by atoms with Crippen LogP contribution in [0.25, 0.3) is 11.6 Å². The van der Waals surface area contributed by atoms with Gasteiger partial charge in [0.1, 0.15) is 5.75 Å². The summed E-state index contributed by atoms with van der Waals surface area (Å²) in [6, 6.07) is 34.6. The number of carbonyl (C=O) groups excluding carboxylic acids is 3. The highest BCUT2D eigenvalue weighted by atomic mass is 35.5. The molecule has 1 heterocycles. The number of benzene rings is 4. The fourth-order valence-electron chi connectivity index (χ4n) is 8.54. The highest BCUT2D eigenvalue weighted by Crippen LogP contribution is 2.47. The first-order valence-corrected chi connectivity index (χ1v) is 21.1. The maximum atomic E-state index is 13.8. The van der Waals surface area contributed by atoms with Gasteiger partial charge < -0.3 is 24.5 Å². The topological polar surface area (TPSA) is 134 Å². The molecule has 0 bridgehead atoms. The molecule has 56 heavy (non-hydrogen) atoms. The molecule has 6 rings (SSSR count). The summed E-state index contributed by atoms with van der Waals surface area (Å²) < 4.78 is 12.1. The molecule has 11 heteroatoms. The number of amides is 3. The number of methoxy groups -OCH3 is 1. The largest absolute Gasteiger partial charge is 0.508 e. The molecule has 0 aromatic heterocycles. The van der Waals surface area contributed by atoms with Crippen LogP contribution in [0.5, 0.6) is 5.75 Å². The number of likely N-dealkylation sites (tertiary alicyclic amines) is 1. The number of nitrogens with zero attached hydrogens (tertiary/aromatic N) is 1. The van der Waals surface area contributed by atoms with Gasteiger partial charge in [0.25, 0.3) is 8.32 Å². The molecule has 1 aliphatic heterocycles. The van der Waals surface area contributed by atoms with Crippen LogP contribution in [0.2, 0.25) is 10.1 Å². The Morgan fingerprint density at radius 2 is 1.52 bits per heavy atom. The number of ether oxygens (including phenoxy) is 1. The van der Waals surface area contributed by atoms with E-state index in [1.807, 2.05) is 72.8 Å². The minimum atomic E-state index is -3.12. The van der Waals surface area contributed by atoms with Gasteiger partial charge in [-0.25, -0.2) is 4.79 Å². The van der Waals surface area contributed by atoms with Crippen LogP contribution in [0.1, 0.15) is 51.2 Å². The summed E-state index contributed by atoms with van der Waals surface area (Å²) in [5.74, 6) is -4.41. The van der Waals surface area contributed by atoms with E-state index >= 15 is 0 Å². The SMILES string of the molecule is COC(=O)N1C(=O)[C@@H]2[C@@H](CC(CO[Si](c3ccccc3)(c3ccccc3)C(C)(C)C)=C([C@H](O)CC/C(=C/c3ccc(O)cc3Cl)c3ccccc3)[C@@H]2CO)C1=O. The molecule has 9 nitrogen and oxygen atoms in total. The van der Waals surface area contributed by atoms with Crippen LogP contribution in [-0.4, -0.2) is 72.9 Å². The highest BCUT2D eigenvalue weighted by Gasteiger charge is 2.58. The standard InChI is InChI=1S/C45H48ClNO8Si/c1-45(2,3)56(34-16-10-6-11-17-34,35-18-12-7-13-19-35)55-28-32-25-36-41(43(52)47(42(36)51)44(53)54-4)37(27-48)40(32)39(50)23-21-30(29-14-8-5-9-15-29)24-31-20-22-33(49)26-38(31)46/h5-20,22,24,26,36-37,39,41,48-50H,21,23,25,27-28H2,1-4H3/b30-24-/t36-,37+,39-,41-/m1/s1. The van der Waals surface area contributed by atoms with E-state index in [1.54, 1.807) is 12.1 Å². The third-order valence-corrected chi connectivity index (χ3v) is 16.4. The molecule has 2 aliphatic rings. The highest BCUT2D eigenvalue weighted by molar-refractivity contribution is 6.99. The summed E-state index contributed by atoms with van der Waals surface area (Å²) >= 11 is 6.52. The van der Waals surface area contributed by atoms with Gasteiger partial charge in [-0.05, 0) is 86.8 Å². The van der Waals surface area contributed by atoms with Crippen LogP contribution in [0.3, 0.4) is 0 Å². The Morgan fingerprint density at radius 1 is 0.929 bits per heavy atom. The molecule has 1 aliphatic carbocycles. The van der Waals surface area contributed by atoms with Gasteiger partial charge in [-0.2, -0.15) is 4.90 Å². The molecular weight excluding hydrogens is 746 g/mol. The van der Waals surface area contributed by atoms with Crippen molar-refractivity contribution in [1.29, 1.82) is 0 Å². The zero-order valence-corrected chi connectivity index (χ0v) is 33.8. The minimum Gasteiger partial charge on any atom is -0.508 e. The molecule has 0 spiro atoms. The summed E-state index contributed by atoms with van der Waals surface area (Å²) in [6.07, 6.45) is 0.271. The molecule has 1 fully saturated rings. The predicted molar refractivity (Wildman–Crippen MR) is 220 cm³/mol. The minimum absolute atomic E-state index is 0.0174. The smallest absolute Gasteiger partial charge is 0.423 e. The Balaban J connectivity index is 1.45. The molecule has 1 saturated heterocycles. The van der Waals surface area contributed by atoms with Gasteiger partial charge >= 0.3 is 6.09 Å². The van der Waals surface area contributed by atoms with Gasteiger partial charge in [0, 0.05) is 5.92 Å². The van der Waals surface area contributed by atoms with Crippen molar-refractivity contribution in [3.05, 3.63) is 136 Å². The van der Waals surface area contributed by atoms with Gasteiger partial charge in [0.2, 0.25) is 11.8 Å². The average Bonchev–Trinajstić information content (AvgIpc) is 3.45. The molecular formula is C45H48ClNO8Si. The lowest BCUT2D eigenvalue weighted by atomic mass is 9.68. The monoisotopic (exact) mass is 793 g/mol. The number of carbonyl (C=O) groups is 3. The fraction of sp³-hybridized carbons (Fsp3) is 0.311. The van der Waals surface area contributed by atoms with Crippen LogP contribution in [0.4, 0.5) is 4.79 Å². The van der Waals surface area contributed by atoms with Crippen LogP contribution in [0, 0.1) is 17.8 Å². The number of phenolic OH excluding ortho intramolecular Hbond substituents is 1. The molecule has 3 amide bonds. The number of hydrogen-bond acceptors (Lipinski definition) is 8. The second-order valence-corrected chi connectivity index (χ2v) is 20.1. The van der Waals surface area contributed by atoms with E-state index in [1.165, 1.54) is 6.07 Å². The maximum absolute atomic E-state index is 13.8. The number of aliphatic hydroxyl groups excluding tert-OH is 2. The van der Waals surface area contributed by atoms with Crippen molar-refractivity contribution in [1.82, 2.24) is 4.90 Å². The molecule has 0 unspecified atom stereocenters. The van der Waals surface area contributed by atoms with Gasteiger partial charge in [0.05, 0.1) is 43.3 Å². The Bertz CT molecular complexity index is 2080. The van der Waals surface area contributed by atoms with Crippen LogP contribution >= 0.6 is 11.6 Å². The summed E-state index contributed by atoms with van der Waals surface area (Å²) in [6.45, 7) is 5.93. The van der Waals surface area contributed by atoms with Crippen LogP contribution in [-0.2, 0) is 18.8 Å². The predicted octanol–water partition coefficient (Wildman–Crippen LogP) is 6.98. The number of aliphatic hydroxyl groups is 2. The Morgan fingerprint density at radius 3 is 2.05 bits per heavy atom. The fourth-order valence-corrected chi connectivity index (χ4v) is 13.3. The molecule has 3 N–H and O–H groups in total. The molecule has 4 aromatic rings. The normalized spacial score (nSPS) is 19.6. The van der Waals surface area contributed by atoms with E-state index in [-0.39, 0.29) is 30.2 Å². The third kappa shape index (κ3) is 7.90. The number of allylic oxidation sites excluding steroid dienone is 1. The number of rotatable bonds is 12. The second-order valence-electron chi connectivity index (χ2n) is 15.4. The Labute approximate surface area is 334 Å². The molecule has 4 aromatic carbocycles. The van der Waals surface area contributed by atoms with E-state index in [9.17, 15) is 29.7 Å². The summed E-state index contributed by atoms with van der Waals surface area (Å²) in [5.41, 5.74) is 3.50. The zero-order chi connectivity index (χ0) is 40.2. The van der Waals surface area contributed by atoms with Gasteiger partial charge in [0.15, 0.2) is 0 Å². The Kier molecular flexibility index (Phi) is 12.5. The zero-order valence-electron chi connectivity index (χ0n) is 32.0. The number of aromatic hydroxyl groups is 1. The molecule has 0 saturated carbocycles. The van der Waals surface area contributed by atoms with Crippen LogP contribution in [0.15, 0.2) is 120 Å². The first kappa shape index (κ1) is 40.8. The lowest BCUT2D eigenvalue weighted by Crippen LogP contribution is -2.66. The van der Waals surface area contributed by atoms with Crippen molar-refractivity contribution in [2.24, 2.45) is 17.8 Å². The van der Waals surface area contributed by atoms with Crippen LogP contribution < -0.4 is 10.4 Å². The first-order valence-electron chi connectivity index (χ1n) is 18.8. The van der Waals surface area contributed by atoms with Crippen molar-refractivity contribution in [3.8, 4) is 5.75 Å². The lowest BCUT2D eigenvalue weighted by Gasteiger charge is -2.44. The van der Waals surface area contributed by atoms with E-state index in [4.69, 9.17) is 20.8 Å². The van der Waals surface area contributed by atoms with Gasteiger partial charge in [-0.15, -0.1) is 0 Å². The molecule has 0 radical (unpaired) electrons. The summed E-state index contributed by atoms with van der Waals surface area (Å²) in [5, 5.41) is 35.4. The van der Waals surface area contributed by atoms with Crippen molar-refractivity contribution in [2.75, 3.05) is 20.3 Å². The average molecular weight is 794 g/mol. The first-order chi connectivity index (χ1) is 26.8. The number of phenols is 1. The quantitative estimate of drug-likeness (QED) is 0.0606. The molecule has 292 valence electrons. The van der Waals surface area contributed by atoms with Gasteiger partial charge in [-0.3, -0.25) is 9.59 Å². The number of imide groups is 3. The van der Waals surface area contributed by atoms with Crippen molar-refractivity contribution in [2.45, 2.75) is 51.2 Å². The van der Waals surface area contributed by atoms with Gasteiger partial charge in [-0.1, -0.05) is 123 Å². The van der Waals surface area contributed by atoms with Crippen molar-refractivity contribution in [3.63, 3.8) is 0 Å². The van der Waals surface area contributed by atoms with E-state index in [0.29, 0.717) is 33.1 Å². The van der Waals surface area contributed by atoms with Crippen molar-refractivity contribution < 1.29 is 38.9 Å². The van der Waals surface area contributed by atoms with E-state index in [2.05, 4.69) is 45.0 Å². The number of hydrogen-bond donors (Lipinski definition) is 3. The third-order valence-electron chi connectivity index (χ3n) is 11.1. The van der Waals surface area contributed by atoms with E-state index in [0.717, 1.165) is 28.6 Å². The van der Waals surface area contributed by atoms with E-state index < -0.39 is 56.7 Å². The Hall–Kier alpha value is -4.84. The number of halogens is 1. The lowest BCUT2D eigenvalue weighted by molar-refractivity contribution is -0.137. The summed E-state index contributed by atoms with van der Waals surface area (Å²) in [7, 11) is -2.01. The second kappa shape index (κ2) is 17.1. The molecule has 4 atom stereocenters. The summed E-state index contributed by atoms with van der Waals surface area (Å²) in [4.78, 5) is 40.9. The number of fused-ring (bicyclic) bond motifs is 1. The van der Waals surface area contributed by atoms with Crippen molar-refractivity contribution >= 4 is 59.8 Å².